The zero-order valence-electron chi connectivity index (χ0n) is 8.91. The monoisotopic (exact) mass is 289 g/mol. The Kier molecular flexibility index (Phi) is 3.56. The fourth-order valence-electron chi connectivity index (χ4n) is 1.61. The molecule has 1 atom stereocenters. The minimum absolute atomic E-state index is 0.0647. The molecule has 1 heterocycles. The van der Waals surface area contributed by atoms with Crippen molar-refractivity contribution < 1.29 is 9.90 Å². The van der Waals surface area contributed by atoms with Gasteiger partial charge in [-0.05, 0) is 24.0 Å². The summed E-state index contributed by atoms with van der Waals surface area (Å²) in [6, 6.07) is 0. The van der Waals surface area contributed by atoms with Gasteiger partial charge in [0.15, 0.2) is 5.69 Å². The van der Waals surface area contributed by atoms with Crippen LogP contribution in [0.5, 0.6) is 0 Å². The molecule has 1 aliphatic rings. The lowest BCUT2D eigenvalue weighted by molar-refractivity contribution is 0.0691. The topological polar surface area (TPSA) is 50.2 Å². The molecule has 17 heavy (non-hydrogen) atoms. The highest BCUT2D eigenvalue weighted by Crippen LogP contribution is 2.38. The normalized spacial score (nSPS) is 20.4. The second-order valence-corrected chi connectivity index (χ2v) is 5.52. The van der Waals surface area contributed by atoms with E-state index in [-0.39, 0.29) is 11.6 Å². The Labute approximate surface area is 112 Å². The summed E-state index contributed by atoms with van der Waals surface area (Å²) in [5.74, 6) is -0.825. The Morgan fingerprint density at radius 2 is 2.29 bits per heavy atom. The summed E-state index contributed by atoms with van der Waals surface area (Å²) < 4.78 is 0. The average Bonchev–Trinajstić information content (AvgIpc) is 2.72. The van der Waals surface area contributed by atoms with Crippen molar-refractivity contribution in [2.45, 2.75) is 13.3 Å². The summed E-state index contributed by atoms with van der Waals surface area (Å²) in [7, 11) is 0. The Bertz CT molecular complexity index is 533. The van der Waals surface area contributed by atoms with Crippen molar-refractivity contribution in [3.05, 3.63) is 32.2 Å². The van der Waals surface area contributed by atoms with Crippen LogP contribution in [0.15, 0.2) is 21.5 Å². The van der Waals surface area contributed by atoms with Gasteiger partial charge >= 0.3 is 5.97 Å². The van der Waals surface area contributed by atoms with Gasteiger partial charge in [0, 0.05) is 10.4 Å². The predicted octanol–water partition coefficient (Wildman–Crippen LogP) is 3.95. The molecule has 0 fully saturated rings. The third-order valence-electron chi connectivity index (χ3n) is 2.53. The average molecular weight is 290 g/mol. The van der Waals surface area contributed by atoms with E-state index in [1.807, 2.05) is 6.92 Å². The summed E-state index contributed by atoms with van der Waals surface area (Å²) in [5.41, 5.74) is 1.01. The van der Waals surface area contributed by atoms with E-state index in [0.717, 1.165) is 5.57 Å². The molecule has 1 aliphatic carbocycles. The minimum Gasteiger partial charge on any atom is -0.476 e. The highest BCUT2D eigenvalue weighted by atomic mass is 35.5. The second-order valence-electron chi connectivity index (χ2n) is 3.80. The number of nitrogens with zero attached hydrogens (tertiary/aromatic N) is 1. The molecule has 1 unspecified atom stereocenters. The van der Waals surface area contributed by atoms with Crippen LogP contribution < -0.4 is 0 Å². The van der Waals surface area contributed by atoms with E-state index in [2.05, 4.69) is 4.98 Å². The maximum absolute atomic E-state index is 10.8. The van der Waals surface area contributed by atoms with Gasteiger partial charge in [0.05, 0.1) is 5.03 Å². The van der Waals surface area contributed by atoms with Gasteiger partial charge in [0.2, 0.25) is 0 Å². The van der Waals surface area contributed by atoms with Crippen molar-refractivity contribution in [2.75, 3.05) is 0 Å². The molecule has 90 valence electrons. The van der Waals surface area contributed by atoms with Crippen LogP contribution in [0.4, 0.5) is 0 Å². The molecule has 1 aromatic heterocycles. The Morgan fingerprint density at radius 1 is 1.59 bits per heavy atom. The van der Waals surface area contributed by atoms with Crippen LogP contribution >= 0.6 is 34.5 Å². The van der Waals surface area contributed by atoms with Gasteiger partial charge in [-0.1, -0.05) is 30.1 Å². The molecule has 2 rings (SSSR count). The largest absolute Gasteiger partial charge is 0.476 e. The number of carboxylic acid groups (broad SMARTS) is 1. The first-order valence-electron chi connectivity index (χ1n) is 4.94. The van der Waals surface area contributed by atoms with Crippen molar-refractivity contribution in [3.63, 3.8) is 0 Å². The number of hydrogen-bond acceptors (Lipinski definition) is 3. The van der Waals surface area contributed by atoms with Crippen molar-refractivity contribution in [1.29, 1.82) is 0 Å². The quantitative estimate of drug-likeness (QED) is 0.897. The molecule has 0 aromatic carbocycles. The van der Waals surface area contributed by atoms with Crippen LogP contribution in [0.25, 0.3) is 5.57 Å². The first kappa shape index (κ1) is 12.6. The molecule has 0 bridgehead atoms. The van der Waals surface area contributed by atoms with Crippen LogP contribution in [0.3, 0.4) is 0 Å². The Morgan fingerprint density at radius 3 is 2.88 bits per heavy atom. The van der Waals surface area contributed by atoms with Crippen molar-refractivity contribution in [3.8, 4) is 0 Å². The summed E-state index contributed by atoms with van der Waals surface area (Å²) in [6.45, 7) is 2.01. The van der Waals surface area contributed by atoms with Crippen molar-refractivity contribution >= 4 is 46.1 Å². The molecule has 1 N–H and O–H groups in total. The zero-order chi connectivity index (χ0) is 12.6. The van der Waals surface area contributed by atoms with Crippen molar-refractivity contribution in [2.24, 2.45) is 5.92 Å². The molecule has 1 aromatic rings. The fourth-order valence-corrected chi connectivity index (χ4v) is 3.02. The lowest BCUT2D eigenvalue weighted by atomic mass is 9.93. The maximum Gasteiger partial charge on any atom is 0.355 e. The highest BCUT2D eigenvalue weighted by molar-refractivity contribution is 7.11. The minimum atomic E-state index is -1.02. The summed E-state index contributed by atoms with van der Waals surface area (Å²) in [5, 5.41) is 12.2. The SMILES string of the molecule is CC1CC(Cl)=C(Cl)C=C1c1nc(C(=O)O)cs1. The van der Waals surface area contributed by atoms with E-state index in [1.54, 1.807) is 6.08 Å². The highest BCUT2D eigenvalue weighted by Gasteiger charge is 2.22. The number of aromatic nitrogens is 1. The number of thiazole rings is 1. The van der Waals surface area contributed by atoms with Crippen LogP contribution in [-0.4, -0.2) is 16.1 Å². The third-order valence-corrected chi connectivity index (χ3v) is 4.21. The van der Waals surface area contributed by atoms with Gasteiger partial charge in [-0.25, -0.2) is 9.78 Å². The van der Waals surface area contributed by atoms with Gasteiger partial charge in [-0.2, -0.15) is 0 Å². The standard InChI is InChI=1S/C11H9Cl2NO2S/c1-5-2-7(12)8(13)3-6(5)10-14-9(4-17-10)11(15)16/h3-5H,2H2,1H3,(H,15,16). The molecule has 0 spiro atoms. The first-order chi connectivity index (χ1) is 7.99. The van der Waals surface area contributed by atoms with Crippen LogP contribution in [-0.2, 0) is 0 Å². The van der Waals surface area contributed by atoms with Gasteiger partial charge < -0.3 is 5.11 Å². The second kappa shape index (κ2) is 4.80. The summed E-state index contributed by atoms with van der Waals surface area (Å²) >= 11 is 13.2. The number of halogens is 2. The molecule has 0 saturated heterocycles. The molecular weight excluding hydrogens is 281 g/mol. The molecule has 0 saturated carbocycles. The van der Waals surface area contributed by atoms with E-state index >= 15 is 0 Å². The van der Waals surface area contributed by atoms with Gasteiger partial charge in [0.25, 0.3) is 0 Å². The number of aromatic carboxylic acids is 1. The summed E-state index contributed by atoms with van der Waals surface area (Å²) in [4.78, 5) is 14.8. The lowest BCUT2D eigenvalue weighted by Gasteiger charge is -2.18. The van der Waals surface area contributed by atoms with E-state index < -0.39 is 5.97 Å². The predicted molar refractivity (Wildman–Crippen MR) is 69.6 cm³/mol. The number of carbonyl (C=O) groups is 1. The van der Waals surface area contributed by atoms with Crippen LogP contribution in [0, 0.1) is 5.92 Å². The smallest absolute Gasteiger partial charge is 0.355 e. The molecule has 6 heteroatoms. The molecule has 0 radical (unpaired) electrons. The van der Waals surface area contributed by atoms with E-state index in [9.17, 15) is 4.79 Å². The Balaban J connectivity index is 2.39. The maximum atomic E-state index is 10.8. The lowest BCUT2D eigenvalue weighted by Crippen LogP contribution is -2.05. The molecular formula is C11H9Cl2NO2S. The number of hydrogen-bond donors (Lipinski definition) is 1. The summed E-state index contributed by atoms with van der Waals surface area (Å²) in [6.07, 6.45) is 2.43. The molecule has 3 nitrogen and oxygen atoms in total. The van der Waals surface area contributed by atoms with E-state index in [1.165, 1.54) is 16.7 Å². The molecule has 0 aliphatic heterocycles. The molecule has 0 amide bonds. The number of rotatable bonds is 2. The van der Waals surface area contributed by atoms with Gasteiger partial charge in [-0.3, -0.25) is 0 Å². The van der Waals surface area contributed by atoms with E-state index in [0.29, 0.717) is 21.5 Å². The number of allylic oxidation sites excluding steroid dienone is 4. The van der Waals surface area contributed by atoms with Gasteiger partial charge in [0.1, 0.15) is 5.01 Å². The van der Waals surface area contributed by atoms with E-state index in [4.69, 9.17) is 28.3 Å². The number of carboxylic acids is 1. The first-order valence-corrected chi connectivity index (χ1v) is 6.57. The fraction of sp³-hybridized carbons (Fsp3) is 0.273. The Hall–Kier alpha value is -0.840. The van der Waals surface area contributed by atoms with Crippen LogP contribution in [0.2, 0.25) is 0 Å². The third kappa shape index (κ3) is 2.54. The van der Waals surface area contributed by atoms with Crippen molar-refractivity contribution in [1.82, 2.24) is 4.98 Å². The van der Waals surface area contributed by atoms with Gasteiger partial charge in [-0.15, -0.1) is 11.3 Å². The van der Waals surface area contributed by atoms with Crippen LogP contribution in [0.1, 0.15) is 28.8 Å². The zero-order valence-corrected chi connectivity index (χ0v) is 11.2.